The third kappa shape index (κ3) is 68.7. The number of piperazine rings is 1. The lowest BCUT2D eigenvalue weighted by atomic mass is 10.1. The van der Waals surface area contributed by atoms with Gasteiger partial charge in [0.15, 0.2) is 0 Å². The van der Waals surface area contributed by atoms with Crippen molar-refractivity contribution in [2.45, 2.75) is 25.7 Å². The normalized spacial score (nSPS) is 12.0. The summed E-state index contributed by atoms with van der Waals surface area (Å²) in [6.45, 7) is 12.5. The summed E-state index contributed by atoms with van der Waals surface area (Å²) < 4.78 is 5.23. The summed E-state index contributed by atoms with van der Waals surface area (Å²) in [5.41, 5.74) is 16.1. The topological polar surface area (TPSA) is 97.0 Å². The van der Waals surface area contributed by atoms with Gasteiger partial charge in [0.2, 0.25) is 0 Å². The Labute approximate surface area is 507 Å². The number of piperidine rings is 1. The zero-order valence-electron chi connectivity index (χ0n) is 33.9. The molecule has 0 aromatic heterocycles. The minimum Gasteiger partial charge on any atom is -0.492 e. The third-order valence-electron chi connectivity index (χ3n) is 6.05. The van der Waals surface area contributed by atoms with Gasteiger partial charge in [0.25, 0.3) is 0 Å². The quantitative estimate of drug-likeness (QED) is 0.346. The Morgan fingerprint density at radius 1 is 0.409 bits per heavy atom. The Morgan fingerprint density at radius 2 is 0.742 bits per heavy atom. The Bertz CT molecular complexity index is 2680. The second kappa shape index (κ2) is 71.7. The monoisotopic (exact) mass is 1570 g/mol. The number of nitrogens with two attached hydrogens (primary N) is 3. The van der Waals surface area contributed by atoms with Crippen LogP contribution in [0, 0.1) is 0 Å². The van der Waals surface area contributed by atoms with Crippen LogP contribution in [0.25, 0.3) is 0 Å². The van der Waals surface area contributed by atoms with Crippen molar-refractivity contribution in [3.8, 4) is 5.75 Å². The first-order valence-corrected chi connectivity index (χ1v) is 61.1. The average Bonchev–Trinajstić information content (AvgIpc) is 3.35. The molecular weight excluding hydrogens is 1530 g/mol. The lowest BCUT2D eigenvalue weighted by Gasteiger charge is -2.32. The molecule has 0 atom stereocenters. The predicted octanol–water partition coefficient (Wildman–Crippen LogP) is 0.951. The highest BCUT2D eigenvalue weighted by Crippen LogP contribution is 2.07. The van der Waals surface area contributed by atoms with Crippen LogP contribution in [0.3, 0.4) is 0 Å². The average molecular weight is 1580 g/mol. The van der Waals surface area contributed by atoms with E-state index in [0.29, 0.717) is 13.2 Å². The van der Waals surface area contributed by atoms with Crippen molar-refractivity contribution >= 4 is 334 Å². The molecule has 66 heavy (non-hydrogen) atoms. The van der Waals surface area contributed by atoms with E-state index in [1.165, 1.54) is 118 Å². The minimum atomic E-state index is 0.564. The summed E-state index contributed by atoms with van der Waals surface area (Å²) in [7, 11) is 51.0. The number of ether oxygens (including phenoxy) is 1. The minimum absolute atomic E-state index is 0.564. The molecule has 3 rings (SSSR count). The summed E-state index contributed by atoms with van der Waals surface area (Å²) in [5.74, 6) is 0.882. The fraction of sp³-hybridized carbons (Fsp3) is 0.739. The molecule has 2 fully saturated rings. The van der Waals surface area contributed by atoms with E-state index >= 15 is 0 Å². The van der Waals surface area contributed by atoms with E-state index in [4.69, 9.17) is 44.3 Å². The van der Waals surface area contributed by atoms with Crippen LogP contribution in [0.2, 0.25) is 0 Å². The number of hydrogen-bond acceptors (Lipinski definition) is 13. The van der Waals surface area contributed by atoms with Gasteiger partial charge < -0.3 is 36.6 Å². The van der Waals surface area contributed by atoms with Crippen LogP contribution in [0.4, 0.5) is 0 Å². The summed E-state index contributed by atoms with van der Waals surface area (Å²) in [6, 6.07) is 9.65. The van der Waals surface area contributed by atoms with E-state index in [1.54, 1.807) is 213 Å². The molecule has 2 aliphatic rings. The lowest BCUT2D eigenvalue weighted by Crippen LogP contribution is -2.44. The van der Waals surface area contributed by atoms with Crippen LogP contribution in [0.15, 0.2) is 30.3 Å². The van der Waals surface area contributed by atoms with Gasteiger partial charge in [-0.3, -0.25) is 0 Å². The van der Waals surface area contributed by atoms with Gasteiger partial charge in [-0.15, -0.1) is 0 Å². The molecule has 2 heterocycles. The summed E-state index contributed by atoms with van der Waals surface area (Å²) in [4.78, 5) is 7.31. The number of likely N-dealkylation sites (N-methyl/N-ethyl adjacent to an activating group) is 1. The maximum Gasteiger partial charge on any atom is 0.119 e. The molecule has 390 valence electrons. The number of nitrogens with zero attached hydrogens (tertiary/aromatic N) is 3. The molecule has 0 bridgehead atoms. The molecule has 0 aliphatic carbocycles. The van der Waals surface area contributed by atoms with E-state index in [9.17, 15) is 0 Å². The lowest BCUT2D eigenvalue weighted by molar-refractivity contribution is 0.153. The van der Waals surface area contributed by atoms with Crippen molar-refractivity contribution in [1.82, 2.24) is 14.7 Å². The Morgan fingerprint density at radius 3 is 1.05 bits per heavy atom. The Hall–Kier alpha value is 6.70. The van der Waals surface area contributed by atoms with Crippen LogP contribution >= 0.6 is 0 Å². The molecule has 43 heteroatoms. The first-order chi connectivity index (χ1) is 32.4. The van der Waals surface area contributed by atoms with Gasteiger partial charge in [-0.05, 0) is 64.6 Å². The smallest absolute Gasteiger partial charge is 0.119 e. The Balaban J connectivity index is -0.000000723. The van der Waals surface area contributed by atoms with E-state index in [1.807, 2.05) is 30.3 Å². The molecule has 6 N–H and O–H groups in total. The predicted molar refractivity (Wildman–Crippen MR) is 393 cm³/mol. The zero-order chi connectivity index (χ0) is 49.1. The van der Waals surface area contributed by atoms with Gasteiger partial charge in [0.1, 0.15) is 12.4 Å². The molecule has 0 radical (unpaired) electrons. The van der Waals surface area contributed by atoms with E-state index in [-0.39, 0.29) is 0 Å². The van der Waals surface area contributed by atoms with Crippen molar-refractivity contribution in [2.24, 2.45) is 17.2 Å². The second-order valence-electron chi connectivity index (χ2n) is 9.97. The highest BCUT2D eigenvalue weighted by molar-refractivity contribution is 8.77. The largest absolute Gasteiger partial charge is 0.492 e. The van der Waals surface area contributed by atoms with Gasteiger partial charge in [0, 0.05) is 379 Å². The molecular formula is C23H46N6OS36. The molecule has 0 amide bonds. The van der Waals surface area contributed by atoms with Crippen molar-refractivity contribution in [2.75, 3.05) is 85.6 Å². The molecule has 1 aromatic rings. The first kappa shape index (κ1) is 76.9. The van der Waals surface area contributed by atoms with Gasteiger partial charge in [-0.25, -0.2) is 0 Å². The van der Waals surface area contributed by atoms with Crippen LogP contribution in [0.1, 0.15) is 25.7 Å². The molecule has 2 saturated heterocycles. The van der Waals surface area contributed by atoms with Crippen molar-refractivity contribution in [3.63, 3.8) is 0 Å². The van der Waals surface area contributed by atoms with Gasteiger partial charge in [-0.2, -0.15) is 0 Å². The van der Waals surface area contributed by atoms with Crippen molar-refractivity contribution < 1.29 is 4.74 Å². The van der Waals surface area contributed by atoms with Crippen LogP contribution in [-0.4, -0.2) is 100 Å². The Kier molecular flexibility index (Phi) is 83.6. The summed E-state index contributed by atoms with van der Waals surface area (Å²) in [5, 5.41) is 0. The molecule has 0 unspecified atom stereocenters. The van der Waals surface area contributed by atoms with Crippen LogP contribution < -0.4 is 21.9 Å². The number of benzene rings is 1. The maximum atomic E-state index is 5.44. The summed E-state index contributed by atoms with van der Waals surface area (Å²) in [6.07, 6.45) is 5.31. The number of hydrogen-bond donors (Lipinski definition) is 3. The third-order valence-corrected chi connectivity index (χ3v) is 66.0. The van der Waals surface area contributed by atoms with E-state index < -0.39 is 0 Å². The SMILES string of the molecule is CN1CCN(CCCN)CC1.NCCN1CCCCC1.NCCOc1ccccc1.S=S=S=S=S=S=S=S=S=S=S.S=S=S=S=S=S=S=S=S=S=S=S.S=S=S=S=S=S=S=S=S=S=S=S=S. The van der Waals surface area contributed by atoms with E-state index in [0.717, 1.165) is 31.8 Å². The van der Waals surface area contributed by atoms with Crippen LogP contribution in [0.5, 0.6) is 5.75 Å². The summed E-state index contributed by atoms with van der Waals surface area (Å²) >= 11 is 28.1. The van der Waals surface area contributed by atoms with Gasteiger partial charge in [-0.1, -0.05) is 24.6 Å². The fourth-order valence-electron chi connectivity index (χ4n) is 3.72. The number of likely N-dealkylation sites (tertiary alicyclic amines) is 1. The van der Waals surface area contributed by atoms with Gasteiger partial charge in [0.05, 0.1) is 0 Å². The first-order valence-electron chi connectivity index (χ1n) is 17.1. The molecule has 7 nitrogen and oxygen atoms in total. The number of rotatable bonds is 8. The standard InChI is InChI=1S/C8H19N3.C8H11NO.C7H16N2.S13.S12.S11/c1-10-5-7-11(8-6-10)4-2-3-9;9-6-7-10-8-4-2-1-3-5-8;8-4-7-9-5-2-1-3-6-9;1-3-5-7-9-11-13-12-10-8-6-4-2;1-3-5-7-9-11-12-10-8-6-4-2;1-3-5-7-9-11-10-8-6-4-2/h2-9H2,1H3;1-5H,6-7,9H2;1-8H2;;;. The highest BCUT2D eigenvalue weighted by Gasteiger charge is 2.12. The molecule has 2 aliphatic heterocycles. The number of para-hydroxylation sites is 1. The fourth-order valence-corrected chi connectivity index (χ4v) is 69.6. The second-order valence-corrected chi connectivity index (χ2v) is 63.0. The highest BCUT2D eigenvalue weighted by atomic mass is 33.5. The van der Waals surface area contributed by atoms with Crippen molar-refractivity contribution in [1.29, 1.82) is 0 Å². The van der Waals surface area contributed by atoms with Crippen LogP contribution in [-0.2, 0) is 334 Å². The van der Waals surface area contributed by atoms with Crippen molar-refractivity contribution in [3.05, 3.63) is 30.3 Å². The molecule has 1 aromatic carbocycles. The molecule has 0 saturated carbocycles. The van der Waals surface area contributed by atoms with Gasteiger partial charge >= 0.3 is 0 Å². The molecule has 0 spiro atoms. The maximum absolute atomic E-state index is 5.44. The van der Waals surface area contributed by atoms with E-state index in [2.05, 4.69) is 66.5 Å². The zero-order valence-corrected chi connectivity index (χ0v) is 63.3.